The summed E-state index contributed by atoms with van der Waals surface area (Å²) in [5.41, 5.74) is 0. The van der Waals surface area contributed by atoms with E-state index in [2.05, 4.69) is 16.6 Å². The molecule has 0 aromatic rings. The number of methoxy groups -OCH3 is 1. The van der Waals surface area contributed by atoms with Crippen molar-refractivity contribution in [1.82, 2.24) is 4.90 Å². The number of likely N-dealkylation sites (tertiary alicyclic amines) is 1. The normalized spacial score (nSPS) is 20.4. The molecule has 1 aliphatic heterocycles. The lowest BCUT2D eigenvalue weighted by Gasteiger charge is -2.22. The van der Waals surface area contributed by atoms with E-state index in [-0.39, 0.29) is 18.4 Å². The van der Waals surface area contributed by atoms with Crippen LogP contribution in [-0.4, -0.2) is 53.6 Å². The molecule has 1 rings (SSSR count). The third-order valence-corrected chi connectivity index (χ3v) is 5.04. The number of aliphatic hydroxyl groups excluding tert-OH is 1. The third kappa shape index (κ3) is 8.53. The van der Waals surface area contributed by atoms with E-state index < -0.39 is 30.4 Å². The molecule has 1 heterocycles. The SMILES string of the molecule is CCC#CC[C@H](C)[C@H](O)/C=C/C1CC(F)(F)C(=O)N1CCCCCCC(=O)OC. The minimum absolute atomic E-state index is 0.119. The van der Waals surface area contributed by atoms with Gasteiger partial charge in [-0.05, 0) is 18.8 Å². The van der Waals surface area contributed by atoms with Crippen molar-refractivity contribution in [1.29, 1.82) is 0 Å². The van der Waals surface area contributed by atoms with Crippen molar-refractivity contribution < 1.29 is 28.2 Å². The molecule has 1 fully saturated rings. The second kappa shape index (κ2) is 12.6. The van der Waals surface area contributed by atoms with Gasteiger partial charge in [-0.15, -0.1) is 11.8 Å². The number of ether oxygens (including phenoxy) is 1. The summed E-state index contributed by atoms with van der Waals surface area (Å²) < 4.78 is 32.4. The first-order valence-electron chi connectivity index (χ1n) is 10.3. The predicted octanol–water partition coefficient (Wildman–Crippen LogP) is 3.70. The van der Waals surface area contributed by atoms with Gasteiger partial charge in [-0.1, -0.05) is 38.8 Å². The fourth-order valence-corrected chi connectivity index (χ4v) is 3.18. The second-order valence-corrected chi connectivity index (χ2v) is 7.48. The highest BCUT2D eigenvalue weighted by molar-refractivity contribution is 5.86. The van der Waals surface area contributed by atoms with E-state index in [4.69, 9.17) is 0 Å². The zero-order chi connectivity index (χ0) is 21.9. The monoisotopic (exact) mass is 413 g/mol. The van der Waals surface area contributed by atoms with Gasteiger partial charge in [-0.3, -0.25) is 9.59 Å². The van der Waals surface area contributed by atoms with E-state index >= 15 is 0 Å². The van der Waals surface area contributed by atoms with E-state index in [9.17, 15) is 23.5 Å². The third-order valence-electron chi connectivity index (χ3n) is 5.04. The molecule has 0 spiro atoms. The molecule has 1 saturated heterocycles. The van der Waals surface area contributed by atoms with Crippen molar-refractivity contribution in [3.05, 3.63) is 12.2 Å². The van der Waals surface area contributed by atoms with Crippen LogP contribution in [0.1, 0.15) is 65.2 Å². The maximum atomic E-state index is 13.9. The van der Waals surface area contributed by atoms with Gasteiger partial charge in [-0.25, -0.2) is 0 Å². The quantitative estimate of drug-likeness (QED) is 0.243. The van der Waals surface area contributed by atoms with Gasteiger partial charge >= 0.3 is 11.9 Å². The Morgan fingerprint density at radius 1 is 1.34 bits per heavy atom. The van der Waals surface area contributed by atoms with Crippen LogP contribution in [0.25, 0.3) is 0 Å². The first kappa shape index (κ1) is 25.1. The maximum absolute atomic E-state index is 13.9. The fraction of sp³-hybridized carbons (Fsp3) is 0.727. The molecule has 1 N–H and O–H groups in total. The molecule has 29 heavy (non-hydrogen) atoms. The lowest BCUT2D eigenvalue weighted by molar-refractivity contribution is -0.148. The number of hydrogen-bond donors (Lipinski definition) is 1. The number of rotatable bonds is 11. The van der Waals surface area contributed by atoms with Crippen molar-refractivity contribution in [2.75, 3.05) is 13.7 Å². The van der Waals surface area contributed by atoms with Gasteiger partial charge in [0.2, 0.25) is 0 Å². The zero-order valence-corrected chi connectivity index (χ0v) is 17.6. The van der Waals surface area contributed by atoms with Crippen LogP contribution in [0.2, 0.25) is 0 Å². The number of carbonyl (C=O) groups excluding carboxylic acids is 2. The number of amides is 1. The van der Waals surface area contributed by atoms with E-state index in [1.807, 2.05) is 13.8 Å². The fourth-order valence-electron chi connectivity index (χ4n) is 3.18. The van der Waals surface area contributed by atoms with Gasteiger partial charge < -0.3 is 14.7 Å². The molecule has 164 valence electrons. The Hall–Kier alpha value is -1.94. The Balaban J connectivity index is 2.56. The largest absolute Gasteiger partial charge is 0.469 e. The summed E-state index contributed by atoms with van der Waals surface area (Å²) in [6.45, 7) is 4.02. The topological polar surface area (TPSA) is 66.8 Å². The summed E-state index contributed by atoms with van der Waals surface area (Å²) in [6.07, 6.45) is 6.01. The molecule has 0 radical (unpaired) electrons. The van der Waals surface area contributed by atoms with Gasteiger partial charge in [0.1, 0.15) is 0 Å². The van der Waals surface area contributed by atoms with Crippen LogP contribution in [-0.2, 0) is 14.3 Å². The molecule has 5 nitrogen and oxygen atoms in total. The first-order valence-corrected chi connectivity index (χ1v) is 10.3. The highest BCUT2D eigenvalue weighted by Crippen LogP contribution is 2.34. The van der Waals surface area contributed by atoms with Gasteiger partial charge in [0.05, 0.1) is 19.3 Å². The minimum atomic E-state index is -3.37. The number of unbranched alkanes of at least 4 members (excludes halogenated alkanes) is 3. The van der Waals surface area contributed by atoms with Crippen molar-refractivity contribution in [3.8, 4) is 11.8 Å². The highest BCUT2D eigenvalue weighted by Gasteiger charge is 2.52. The minimum Gasteiger partial charge on any atom is -0.469 e. The summed E-state index contributed by atoms with van der Waals surface area (Å²) in [4.78, 5) is 24.3. The number of alkyl halides is 2. The molecule has 0 aliphatic carbocycles. The molecular formula is C22H33F2NO4. The molecule has 1 unspecified atom stereocenters. The molecule has 7 heteroatoms. The lowest BCUT2D eigenvalue weighted by Crippen LogP contribution is -2.36. The standard InChI is InChI=1S/C22H33F2NO4/c1-4-5-8-11-17(2)19(26)14-13-18-16-22(23,24)21(28)25(18)15-10-7-6-9-12-20(27)29-3/h13-14,17-19,26H,4,6-7,9-12,15-16H2,1-3H3/b14-13+/t17-,18?,19+/m0/s1. The van der Waals surface area contributed by atoms with Crippen LogP contribution in [0.15, 0.2) is 12.2 Å². The van der Waals surface area contributed by atoms with Gasteiger partial charge in [-0.2, -0.15) is 8.78 Å². The van der Waals surface area contributed by atoms with E-state index in [0.29, 0.717) is 25.7 Å². The summed E-state index contributed by atoms with van der Waals surface area (Å²) in [5.74, 6) is 0.998. The Kier molecular flexibility index (Phi) is 10.9. The summed E-state index contributed by atoms with van der Waals surface area (Å²) in [7, 11) is 1.34. The van der Waals surface area contributed by atoms with Gasteiger partial charge in [0, 0.05) is 32.2 Å². The molecule has 0 aromatic heterocycles. The number of nitrogens with zero attached hydrogens (tertiary/aromatic N) is 1. The molecule has 3 atom stereocenters. The summed E-state index contributed by atoms with van der Waals surface area (Å²) in [5, 5.41) is 10.2. The van der Waals surface area contributed by atoms with Gasteiger partial charge in [0.15, 0.2) is 0 Å². The highest BCUT2D eigenvalue weighted by atomic mass is 19.3. The molecule has 1 amide bonds. The van der Waals surface area contributed by atoms with E-state index in [0.717, 1.165) is 19.3 Å². The molecular weight excluding hydrogens is 380 g/mol. The number of halogens is 2. The van der Waals surface area contributed by atoms with Crippen LogP contribution >= 0.6 is 0 Å². The van der Waals surface area contributed by atoms with Crippen molar-refractivity contribution in [3.63, 3.8) is 0 Å². The smallest absolute Gasteiger partial charge is 0.327 e. The van der Waals surface area contributed by atoms with Crippen LogP contribution in [0.4, 0.5) is 8.78 Å². The summed E-state index contributed by atoms with van der Waals surface area (Å²) in [6, 6.07) is -0.726. The molecule has 0 bridgehead atoms. The second-order valence-electron chi connectivity index (χ2n) is 7.48. The average Bonchev–Trinajstić information content (AvgIpc) is 2.91. The average molecular weight is 414 g/mol. The maximum Gasteiger partial charge on any atom is 0.327 e. The summed E-state index contributed by atoms with van der Waals surface area (Å²) >= 11 is 0. The molecule has 0 aromatic carbocycles. The number of hydrogen-bond acceptors (Lipinski definition) is 4. The number of esters is 1. The Morgan fingerprint density at radius 2 is 2.03 bits per heavy atom. The van der Waals surface area contributed by atoms with Crippen molar-refractivity contribution >= 4 is 11.9 Å². The van der Waals surface area contributed by atoms with Crippen LogP contribution in [0.5, 0.6) is 0 Å². The number of carbonyl (C=O) groups is 2. The number of aliphatic hydroxyl groups is 1. The predicted molar refractivity (Wildman–Crippen MR) is 107 cm³/mol. The van der Waals surface area contributed by atoms with E-state index in [1.54, 1.807) is 0 Å². The van der Waals surface area contributed by atoms with E-state index in [1.165, 1.54) is 24.2 Å². The zero-order valence-electron chi connectivity index (χ0n) is 17.6. The Labute approximate surface area is 172 Å². The molecule has 1 aliphatic rings. The Bertz CT molecular complexity index is 624. The van der Waals surface area contributed by atoms with Gasteiger partial charge in [0.25, 0.3) is 5.91 Å². The van der Waals surface area contributed by atoms with Crippen LogP contribution in [0, 0.1) is 17.8 Å². The Morgan fingerprint density at radius 3 is 2.69 bits per heavy atom. The molecule has 0 saturated carbocycles. The first-order chi connectivity index (χ1) is 13.7. The van der Waals surface area contributed by atoms with Crippen LogP contribution in [0.3, 0.4) is 0 Å². The van der Waals surface area contributed by atoms with Crippen molar-refractivity contribution in [2.45, 2.75) is 83.3 Å². The van der Waals surface area contributed by atoms with Crippen LogP contribution < -0.4 is 0 Å². The lowest BCUT2D eigenvalue weighted by atomic mass is 9.99. The van der Waals surface area contributed by atoms with Crippen molar-refractivity contribution in [2.24, 2.45) is 5.92 Å².